The Labute approximate surface area is 225 Å². The van der Waals surface area contributed by atoms with Crippen LogP contribution in [0.2, 0.25) is 5.02 Å². The van der Waals surface area contributed by atoms with E-state index in [1.54, 1.807) is 6.07 Å². The molecule has 1 fully saturated rings. The van der Waals surface area contributed by atoms with Crippen LogP contribution in [0.15, 0.2) is 48.5 Å². The number of nitrogens with zero attached hydrogens (tertiary/aromatic N) is 3. The summed E-state index contributed by atoms with van der Waals surface area (Å²) in [5.41, 5.74) is 4.24. The topological polar surface area (TPSA) is 59.4 Å². The molecule has 0 radical (unpaired) electrons. The molecule has 1 amide bonds. The lowest BCUT2D eigenvalue weighted by Crippen LogP contribution is -2.29. The van der Waals surface area contributed by atoms with Gasteiger partial charge >= 0.3 is 0 Å². The molecule has 2 aromatic carbocycles. The van der Waals surface area contributed by atoms with E-state index in [1.807, 2.05) is 41.9 Å². The Morgan fingerprint density at radius 1 is 1.06 bits per heavy atom. The maximum Gasteiger partial charge on any atom is 0.276 e. The lowest BCUT2D eigenvalue weighted by molar-refractivity contribution is 0.102. The summed E-state index contributed by atoms with van der Waals surface area (Å²) in [6.07, 6.45) is 3.90. The second kappa shape index (κ2) is 13.1. The molecule has 0 saturated carbocycles. The molecular formula is C28H36Cl2N4O2. The Morgan fingerprint density at radius 2 is 1.78 bits per heavy atom. The first-order valence-corrected chi connectivity index (χ1v) is 12.8. The molecule has 8 heteroatoms. The lowest BCUT2D eigenvalue weighted by atomic mass is 10.1. The number of likely N-dealkylation sites (tertiary alicyclic amines) is 1. The SMILES string of the molecule is Cc1cc(C(=O)Nc2ccc(CN3CCCCC3)cc2)nn1Cc1cc(Cl)ccc1OCC(C)C.Cl. The van der Waals surface area contributed by atoms with Gasteiger partial charge in [-0.15, -0.1) is 12.4 Å². The van der Waals surface area contributed by atoms with Crippen LogP contribution in [0, 0.1) is 12.8 Å². The first-order chi connectivity index (χ1) is 16.9. The number of hydrogen-bond acceptors (Lipinski definition) is 4. The molecule has 1 saturated heterocycles. The van der Waals surface area contributed by atoms with Crippen LogP contribution < -0.4 is 10.1 Å². The van der Waals surface area contributed by atoms with Gasteiger partial charge in [0.05, 0.1) is 13.2 Å². The molecule has 1 N–H and O–H groups in total. The van der Waals surface area contributed by atoms with Crippen LogP contribution >= 0.6 is 24.0 Å². The quantitative estimate of drug-likeness (QED) is 0.339. The van der Waals surface area contributed by atoms with Gasteiger partial charge in [0.25, 0.3) is 5.91 Å². The maximum absolute atomic E-state index is 12.9. The number of nitrogens with one attached hydrogen (secondary N) is 1. The van der Waals surface area contributed by atoms with Crippen molar-refractivity contribution in [3.05, 3.63) is 76.1 Å². The number of halogens is 2. The number of amides is 1. The van der Waals surface area contributed by atoms with E-state index in [2.05, 4.69) is 41.3 Å². The van der Waals surface area contributed by atoms with Crippen LogP contribution in [0.3, 0.4) is 0 Å². The highest BCUT2D eigenvalue weighted by molar-refractivity contribution is 6.30. The standard InChI is InChI=1S/C28H35ClN4O2.ClH/c1-20(2)19-35-27-12-9-24(29)16-23(27)18-33-21(3)15-26(31-33)28(34)30-25-10-7-22(8-11-25)17-32-13-5-4-6-14-32;/h7-12,15-16,20H,4-6,13-14,17-19H2,1-3H3,(H,30,34);1H. The summed E-state index contributed by atoms with van der Waals surface area (Å²) in [6, 6.07) is 15.5. The smallest absolute Gasteiger partial charge is 0.276 e. The highest BCUT2D eigenvalue weighted by Crippen LogP contribution is 2.25. The van der Waals surface area contributed by atoms with Crippen LogP contribution in [0.1, 0.15) is 60.4 Å². The van der Waals surface area contributed by atoms with Crippen LogP contribution in [0.25, 0.3) is 0 Å². The number of carbonyl (C=O) groups excluding carboxylic acids is 1. The average molecular weight is 532 g/mol. The number of benzene rings is 2. The van der Waals surface area contributed by atoms with Gasteiger partial charge in [-0.3, -0.25) is 14.4 Å². The van der Waals surface area contributed by atoms with Gasteiger partial charge in [0.15, 0.2) is 5.69 Å². The van der Waals surface area contributed by atoms with E-state index < -0.39 is 0 Å². The van der Waals surface area contributed by atoms with Crippen LogP contribution in [0.5, 0.6) is 5.75 Å². The van der Waals surface area contributed by atoms with E-state index in [4.69, 9.17) is 16.3 Å². The van der Waals surface area contributed by atoms with Crippen molar-refractivity contribution in [2.24, 2.45) is 5.92 Å². The largest absolute Gasteiger partial charge is 0.493 e. The van der Waals surface area contributed by atoms with E-state index in [-0.39, 0.29) is 18.3 Å². The molecule has 3 aromatic rings. The van der Waals surface area contributed by atoms with Crippen molar-refractivity contribution in [3.63, 3.8) is 0 Å². The van der Waals surface area contributed by atoms with Gasteiger partial charge in [0.2, 0.25) is 0 Å². The predicted molar refractivity (Wildman–Crippen MR) is 149 cm³/mol. The number of aromatic nitrogens is 2. The van der Waals surface area contributed by atoms with E-state index in [0.717, 1.165) is 29.2 Å². The van der Waals surface area contributed by atoms with Gasteiger partial charge in [0.1, 0.15) is 5.75 Å². The van der Waals surface area contributed by atoms with Crippen molar-refractivity contribution in [1.29, 1.82) is 0 Å². The summed E-state index contributed by atoms with van der Waals surface area (Å²) in [5.74, 6) is 0.978. The van der Waals surface area contributed by atoms with Gasteiger partial charge in [-0.2, -0.15) is 5.10 Å². The first kappa shape index (κ1) is 28.0. The van der Waals surface area contributed by atoms with Crippen LogP contribution in [-0.2, 0) is 13.1 Å². The summed E-state index contributed by atoms with van der Waals surface area (Å²) >= 11 is 6.25. The molecule has 0 atom stereocenters. The lowest BCUT2D eigenvalue weighted by Gasteiger charge is -2.26. The van der Waals surface area contributed by atoms with Crippen LogP contribution in [-0.4, -0.2) is 40.3 Å². The van der Waals surface area contributed by atoms with Gasteiger partial charge in [-0.1, -0.05) is 44.0 Å². The highest BCUT2D eigenvalue weighted by Gasteiger charge is 2.15. The van der Waals surface area contributed by atoms with Gasteiger partial charge in [-0.25, -0.2) is 0 Å². The van der Waals surface area contributed by atoms with Gasteiger partial charge in [-0.05, 0) is 80.7 Å². The second-order valence-electron chi connectivity index (χ2n) is 9.77. The fraction of sp³-hybridized carbons (Fsp3) is 0.429. The van der Waals surface area contributed by atoms with Crippen LogP contribution in [0.4, 0.5) is 5.69 Å². The Kier molecular flexibility index (Phi) is 10.2. The summed E-state index contributed by atoms with van der Waals surface area (Å²) in [5, 5.41) is 8.18. The third kappa shape index (κ3) is 7.73. The minimum Gasteiger partial charge on any atom is -0.493 e. The van der Waals surface area contributed by atoms with Crippen molar-refractivity contribution in [2.45, 2.75) is 53.1 Å². The zero-order valence-electron chi connectivity index (χ0n) is 21.3. The fourth-order valence-electron chi connectivity index (χ4n) is 4.28. The summed E-state index contributed by atoms with van der Waals surface area (Å²) in [7, 11) is 0. The number of anilines is 1. The van der Waals surface area contributed by atoms with E-state index in [0.29, 0.717) is 29.8 Å². The fourth-order valence-corrected chi connectivity index (χ4v) is 4.47. The Morgan fingerprint density at radius 3 is 2.47 bits per heavy atom. The third-order valence-corrected chi connectivity index (χ3v) is 6.43. The molecule has 1 aromatic heterocycles. The van der Waals surface area contributed by atoms with E-state index >= 15 is 0 Å². The Balaban J connectivity index is 0.00000361. The number of piperidine rings is 1. The Hall–Kier alpha value is -2.54. The molecule has 0 unspecified atom stereocenters. The van der Waals surface area contributed by atoms with Gasteiger partial charge in [0, 0.05) is 28.5 Å². The highest BCUT2D eigenvalue weighted by atomic mass is 35.5. The van der Waals surface area contributed by atoms with Crippen molar-refractivity contribution in [3.8, 4) is 5.75 Å². The number of hydrogen-bond donors (Lipinski definition) is 1. The molecule has 6 nitrogen and oxygen atoms in total. The Bertz CT molecular complexity index is 1140. The predicted octanol–water partition coefficient (Wildman–Crippen LogP) is 6.59. The molecule has 2 heterocycles. The molecule has 0 aliphatic carbocycles. The first-order valence-electron chi connectivity index (χ1n) is 12.5. The molecule has 1 aliphatic rings. The summed E-state index contributed by atoms with van der Waals surface area (Å²) in [6.45, 7) is 10.6. The number of carbonyl (C=O) groups is 1. The van der Waals surface area contributed by atoms with Crippen molar-refractivity contribution >= 4 is 35.6 Å². The van der Waals surface area contributed by atoms with Crippen molar-refractivity contribution < 1.29 is 9.53 Å². The van der Waals surface area contributed by atoms with Crippen molar-refractivity contribution in [1.82, 2.24) is 14.7 Å². The van der Waals surface area contributed by atoms with E-state index in [9.17, 15) is 4.79 Å². The normalized spacial score (nSPS) is 13.9. The van der Waals surface area contributed by atoms with E-state index in [1.165, 1.54) is 37.9 Å². The number of ether oxygens (including phenoxy) is 1. The molecule has 1 aliphatic heterocycles. The molecule has 0 spiro atoms. The van der Waals surface area contributed by atoms with Gasteiger partial charge < -0.3 is 10.1 Å². The minimum atomic E-state index is -0.224. The zero-order chi connectivity index (χ0) is 24.8. The summed E-state index contributed by atoms with van der Waals surface area (Å²) in [4.78, 5) is 15.4. The average Bonchev–Trinajstić information content (AvgIpc) is 3.20. The molecule has 4 rings (SSSR count). The maximum atomic E-state index is 12.9. The van der Waals surface area contributed by atoms with Crippen molar-refractivity contribution in [2.75, 3.05) is 25.0 Å². The number of rotatable bonds is 9. The number of aryl methyl sites for hydroxylation is 1. The molecular weight excluding hydrogens is 495 g/mol. The monoisotopic (exact) mass is 530 g/mol. The second-order valence-corrected chi connectivity index (χ2v) is 10.2. The molecule has 194 valence electrons. The minimum absolute atomic E-state index is 0. The summed E-state index contributed by atoms with van der Waals surface area (Å²) < 4.78 is 7.78. The molecule has 36 heavy (non-hydrogen) atoms. The third-order valence-electron chi connectivity index (χ3n) is 6.20. The molecule has 0 bridgehead atoms. The zero-order valence-corrected chi connectivity index (χ0v) is 22.9.